The Balaban J connectivity index is 2.16. The summed E-state index contributed by atoms with van der Waals surface area (Å²) in [6.07, 6.45) is 8.33. The number of methoxy groups -OCH3 is 1. The molecule has 6 nitrogen and oxygen atoms in total. The third-order valence-corrected chi connectivity index (χ3v) is 3.36. The molecule has 0 atom stereocenters. The molecule has 2 rings (SSSR count). The van der Waals surface area contributed by atoms with Gasteiger partial charge >= 0.3 is 5.97 Å². The van der Waals surface area contributed by atoms with Gasteiger partial charge in [-0.05, 0) is 12.8 Å². The van der Waals surface area contributed by atoms with E-state index in [0.29, 0.717) is 5.56 Å². The molecule has 19 heavy (non-hydrogen) atoms. The van der Waals surface area contributed by atoms with Crippen molar-refractivity contribution in [2.45, 2.75) is 31.7 Å². The fourth-order valence-electron chi connectivity index (χ4n) is 2.36. The third kappa shape index (κ3) is 3.27. The maximum Gasteiger partial charge on any atom is 0.325 e. The minimum absolute atomic E-state index is 0.0190. The van der Waals surface area contributed by atoms with Gasteiger partial charge in [-0.3, -0.25) is 9.59 Å². The van der Waals surface area contributed by atoms with E-state index in [4.69, 9.17) is 0 Å². The molecule has 0 radical (unpaired) electrons. The number of amides is 1. The number of esters is 1. The third-order valence-electron chi connectivity index (χ3n) is 3.36. The first-order valence-electron chi connectivity index (χ1n) is 6.35. The molecule has 0 unspecified atom stereocenters. The molecule has 1 aliphatic carbocycles. The zero-order valence-electron chi connectivity index (χ0n) is 10.9. The Morgan fingerprint density at radius 2 is 1.95 bits per heavy atom. The number of carbonyl (C=O) groups is 2. The molecule has 1 aromatic heterocycles. The lowest BCUT2D eigenvalue weighted by Crippen LogP contribution is -2.42. The maximum absolute atomic E-state index is 12.4. The number of nitrogens with zero attached hydrogens (tertiary/aromatic N) is 3. The largest absolute Gasteiger partial charge is 0.468 e. The Labute approximate surface area is 111 Å². The van der Waals surface area contributed by atoms with Crippen molar-refractivity contribution in [2.75, 3.05) is 13.7 Å². The van der Waals surface area contributed by atoms with Gasteiger partial charge in [-0.1, -0.05) is 12.8 Å². The quantitative estimate of drug-likeness (QED) is 0.759. The van der Waals surface area contributed by atoms with Crippen molar-refractivity contribution in [3.05, 3.63) is 24.3 Å². The molecule has 0 spiro atoms. The van der Waals surface area contributed by atoms with Crippen molar-refractivity contribution < 1.29 is 14.3 Å². The molecule has 6 heteroatoms. The number of ether oxygens (including phenoxy) is 1. The summed E-state index contributed by atoms with van der Waals surface area (Å²) in [4.78, 5) is 33.1. The van der Waals surface area contributed by atoms with E-state index in [1.165, 1.54) is 25.8 Å². The van der Waals surface area contributed by atoms with Gasteiger partial charge in [0.05, 0.1) is 12.7 Å². The van der Waals surface area contributed by atoms with Crippen LogP contribution < -0.4 is 0 Å². The van der Waals surface area contributed by atoms with E-state index in [9.17, 15) is 9.59 Å². The monoisotopic (exact) mass is 263 g/mol. The van der Waals surface area contributed by atoms with Crippen LogP contribution in [0.1, 0.15) is 36.0 Å². The number of hydrogen-bond acceptors (Lipinski definition) is 5. The Hall–Kier alpha value is -1.98. The van der Waals surface area contributed by atoms with Crippen LogP contribution in [-0.2, 0) is 9.53 Å². The van der Waals surface area contributed by atoms with Crippen LogP contribution in [0.2, 0.25) is 0 Å². The van der Waals surface area contributed by atoms with Gasteiger partial charge in [0.2, 0.25) is 0 Å². The molecule has 0 bridgehead atoms. The standard InChI is InChI=1S/C13H17N3O3/c1-19-12(17)8-16(11-4-2-3-5-11)13(18)10-6-14-9-15-7-10/h6-7,9,11H,2-5,8H2,1H3. The second-order valence-electron chi connectivity index (χ2n) is 4.57. The Kier molecular flexibility index (Phi) is 4.43. The first kappa shape index (κ1) is 13.5. The van der Waals surface area contributed by atoms with Gasteiger partial charge in [-0.2, -0.15) is 0 Å². The van der Waals surface area contributed by atoms with Crippen LogP contribution in [0.25, 0.3) is 0 Å². The van der Waals surface area contributed by atoms with Gasteiger partial charge in [0.25, 0.3) is 5.91 Å². The van der Waals surface area contributed by atoms with Crippen molar-refractivity contribution in [2.24, 2.45) is 0 Å². The van der Waals surface area contributed by atoms with Crippen LogP contribution in [0, 0.1) is 0 Å². The number of carbonyl (C=O) groups excluding carboxylic acids is 2. The zero-order chi connectivity index (χ0) is 13.7. The fraction of sp³-hybridized carbons (Fsp3) is 0.538. The highest BCUT2D eigenvalue weighted by Crippen LogP contribution is 2.24. The Bertz CT molecular complexity index is 444. The predicted molar refractivity (Wildman–Crippen MR) is 67.3 cm³/mol. The molecule has 0 aromatic carbocycles. The predicted octanol–water partition coefficient (Wildman–Crippen LogP) is 1.03. The van der Waals surface area contributed by atoms with E-state index >= 15 is 0 Å². The Morgan fingerprint density at radius 3 is 2.53 bits per heavy atom. The van der Waals surface area contributed by atoms with Crippen LogP contribution in [0.3, 0.4) is 0 Å². The van der Waals surface area contributed by atoms with Gasteiger partial charge in [-0.25, -0.2) is 9.97 Å². The lowest BCUT2D eigenvalue weighted by Gasteiger charge is -2.27. The first-order chi connectivity index (χ1) is 9.22. The molecule has 1 heterocycles. The van der Waals surface area contributed by atoms with E-state index in [2.05, 4.69) is 14.7 Å². The summed E-state index contributed by atoms with van der Waals surface area (Å²) in [5.41, 5.74) is 0.401. The maximum atomic E-state index is 12.4. The summed E-state index contributed by atoms with van der Waals surface area (Å²) in [5.74, 6) is -0.616. The molecule has 0 N–H and O–H groups in total. The molecular weight excluding hydrogens is 246 g/mol. The van der Waals surface area contributed by atoms with Crippen LogP contribution in [-0.4, -0.2) is 46.4 Å². The fourth-order valence-corrected chi connectivity index (χ4v) is 2.36. The molecule has 1 amide bonds. The molecule has 1 aliphatic rings. The highest BCUT2D eigenvalue weighted by atomic mass is 16.5. The van der Waals surface area contributed by atoms with E-state index in [1.807, 2.05) is 0 Å². The van der Waals surface area contributed by atoms with Crippen molar-refractivity contribution >= 4 is 11.9 Å². The van der Waals surface area contributed by atoms with Crippen LogP contribution >= 0.6 is 0 Å². The SMILES string of the molecule is COC(=O)CN(C(=O)c1cncnc1)C1CCCC1. The summed E-state index contributed by atoms with van der Waals surface area (Å²) in [7, 11) is 1.32. The summed E-state index contributed by atoms with van der Waals surface area (Å²) in [6, 6.07) is 0.104. The van der Waals surface area contributed by atoms with Crippen LogP contribution in [0.15, 0.2) is 18.7 Å². The lowest BCUT2D eigenvalue weighted by molar-refractivity contribution is -0.141. The van der Waals surface area contributed by atoms with E-state index in [1.54, 1.807) is 4.90 Å². The van der Waals surface area contributed by atoms with Crippen LogP contribution in [0.4, 0.5) is 0 Å². The second kappa shape index (κ2) is 6.26. The van der Waals surface area contributed by atoms with Gasteiger partial charge in [-0.15, -0.1) is 0 Å². The highest BCUT2D eigenvalue weighted by Gasteiger charge is 2.29. The minimum atomic E-state index is -0.405. The van der Waals surface area contributed by atoms with E-state index in [0.717, 1.165) is 25.7 Å². The number of hydrogen-bond donors (Lipinski definition) is 0. The normalized spacial score (nSPS) is 15.2. The number of aromatic nitrogens is 2. The summed E-state index contributed by atoms with van der Waals surface area (Å²) in [6.45, 7) is -0.0190. The molecule has 0 aliphatic heterocycles. The van der Waals surface area contributed by atoms with Gasteiger partial charge < -0.3 is 9.64 Å². The zero-order valence-corrected chi connectivity index (χ0v) is 10.9. The molecule has 1 aromatic rings. The summed E-state index contributed by atoms with van der Waals surface area (Å²) < 4.78 is 4.66. The summed E-state index contributed by atoms with van der Waals surface area (Å²) in [5, 5.41) is 0. The topological polar surface area (TPSA) is 72.4 Å². The van der Waals surface area contributed by atoms with Crippen LogP contribution in [0.5, 0.6) is 0 Å². The van der Waals surface area contributed by atoms with Gasteiger partial charge in [0.15, 0.2) is 0 Å². The minimum Gasteiger partial charge on any atom is -0.468 e. The first-order valence-corrected chi connectivity index (χ1v) is 6.35. The highest BCUT2D eigenvalue weighted by molar-refractivity contribution is 5.95. The average Bonchev–Trinajstić information content (AvgIpc) is 2.98. The number of rotatable bonds is 4. The molecule has 1 fully saturated rings. The molecule has 0 saturated heterocycles. The summed E-state index contributed by atoms with van der Waals surface area (Å²) >= 11 is 0. The molecule has 1 saturated carbocycles. The smallest absolute Gasteiger partial charge is 0.325 e. The molecule has 102 valence electrons. The van der Waals surface area contributed by atoms with Crippen molar-refractivity contribution in [3.63, 3.8) is 0 Å². The lowest BCUT2D eigenvalue weighted by atomic mass is 10.1. The Morgan fingerprint density at radius 1 is 1.32 bits per heavy atom. The van der Waals surface area contributed by atoms with Crippen molar-refractivity contribution in [1.29, 1.82) is 0 Å². The van der Waals surface area contributed by atoms with Crippen molar-refractivity contribution in [3.8, 4) is 0 Å². The van der Waals surface area contributed by atoms with E-state index in [-0.39, 0.29) is 18.5 Å². The van der Waals surface area contributed by atoms with Gasteiger partial charge in [0, 0.05) is 18.4 Å². The second-order valence-corrected chi connectivity index (χ2v) is 4.57. The van der Waals surface area contributed by atoms with E-state index < -0.39 is 5.97 Å². The molecular formula is C13H17N3O3. The average molecular weight is 263 g/mol. The van der Waals surface area contributed by atoms with Crippen molar-refractivity contribution in [1.82, 2.24) is 14.9 Å². The van der Waals surface area contributed by atoms with Gasteiger partial charge in [0.1, 0.15) is 12.9 Å².